The number of methoxy groups -OCH3 is 1. The molecule has 0 aliphatic carbocycles. The Balaban J connectivity index is 2.21. The third-order valence-corrected chi connectivity index (χ3v) is 2.41. The molecule has 0 saturated heterocycles. The van der Waals surface area contributed by atoms with Gasteiger partial charge in [-0.15, -0.1) is 0 Å². The molecule has 1 aliphatic rings. The fourth-order valence-electron chi connectivity index (χ4n) is 1.46. The lowest BCUT2D eigenvalue weighted by atomic mass is 10.2. The van der Waals surface area contributed by atoms with Crippen LogP contribution in [0.3, 0.4) is 0 Å². The Bertz CT molecular complexity index is 469. The van der Waals surface area contributed by atoms with Crippen molar-refractivity contribution in [3.63, 3.8) is 0 Å². The smallest absolute Gasteiger partial charge is 0.497 e. The molecule has 1 amide bonds. The van der Waals surface area contributed by atoms with E-state index in [1.54, 1.807) is 31.4 Å². The highest BCUT2D eigenvalue weighted by Crippen LogP contribution is 2.20. The molecule has 1 unspecified atom stereocenters. The van der Waals surface area contributed by atoms with E-state index in [0.717, 1.165) is 5.56 Å². The second-order valence-electron chi connectivity index (χ2n) is 3.53. The van der Waals surface area contributed by atoms with Crippen LogP contribution in [0, 0.1) is 0 Å². The van der Waals surface area contributed by atoms with Gasteiger partial charge in [-0.1, -0.05) is 5.10 Å². The molecule has 1 heterocycles. The van der Waals surface area contributed by atoms with Crippen LogP contribution in [0.1, 0.15) is 5.56 Å². The molecule has 0 spiro atoms. The maximum Gasteiger partial charge on any atom is 0.548 e. The number of rotatable bonds is 3. The average molecular weight is 235 g/mol. The molecule has 17 heavy (non-hydrogen) atoms. The molecule has 1 N–H and O–H groups in total. The highest BCUT2D eigenvalue weighted by atomic mass is 16.5. The lowest BCUT2D eigenvalue weighted by Gasteiger charge is -2.15. The van der Waals surface area contributed by atoms with Crippen LogP contribution in [0.15, 0.2) is 39.8 Å². The van der Waals surface area contributed by atoms with Crippen LogP contribution in [0.25, 0.3) is 0 Å². The van der Waals surface area contributed by atoms with Crippen LogP contribution < -0.4 is 4.74 Å². The molecule has 7 heteroatoms. The summed E-state index contributed by atoms with van der Waals surface area (Å²) in [5.74, 6) is 0.715. The van der Waals surface area contributed by atoms with Gasteiger partial charge in [-0.2, -0.15) is 4.79 Å². The average Bonchev–Trinajstić information content (AvgIpc) is 2.80. The van der Waals surface area contributed by atoms with E-state index in [1.165, 1.54) is 6.34 Å². The number of hydrogen-bond donors (Lipinski definition) is 1. The van der Waals surface area contributed by atoms with Crippen molar-refractivity contribution in [2.45, 2.75) is 6.54 Å². The van der Waals surface area contributed by atoms with Crippen molar-refractivity contribution in [2.24, 2.45) is 15.5 Å². The molecule has 1 aromatic rings. The van der Waals surface area contributed by atoms with E-state index >= 15 is 0 Å². The van der Waals surface area contributed by atoms with Gasteiger partial charge in [0.05, 0.1) is 12.3 Å². The molecule has 0 fully saturated rings. The molecule has 2 rings (SSSR count). The maximum atomic E-state index is 11.2. The monoisotopic (exact) mass is 235 g/mol. The number of quaternary nitrogens is 1. The third kappa shape index (κ3) is 2.13. The summed E-state index contributed by atoms with van der Waals surface area (Å²) >= 11 is 0. The molecule has 0 bridgehead atoms. The van der Waals surface area contributed by atoms with Crippen LogP contribution >= 0.6 is 0 Å². The summed E-state index contributed by atoms with van der Waals surface area (Å²) in [6, 6.07) is 7.09. The largest absolute Gasteiger partial charge is 0.548 e. The van der Waals surface area contributed by atoms with Crippen LogP contribution in [-0.2, 0) is 6.54 Å². The van der Waals surface area contributed by atoms with Gasteiger partial charge in [-0.3, -0.25) is 0 Å². The van der Waals surface area contributed by atoms with Gasteiger partial charge in [0.15, 0.2) is 0 Å². The van der Waals surface area contributed by atoms with E-state index in [1.807, 2.05) is 0 Å². The molecule has 0 aromatic heterocycles. The quantitative estimate of drug-likeness (QED) is 0.813. The Hall–Kier alpha value is -2.28. The zero-order valence-electron chi connectivity index (χ0n) is 9.15. The Morgan fingerprint density at radius 3 is 2.59 bits per heavy atom. The van der Waals surface area contributed by atoms with Gasteiger partial charge in [0.2, 0.25) is 0 Å². The Morgan fingerprint density at radius 2 is 2.12 bits per heavy atom. The zero-order chi connectivity index (χ0) is 12.3. The molecule has 1 aromatic carbocycles. The first-order chi connectivity index (χ1) is 8.16. The minimum Gasteiger partial charge on any atom is -0.497 e. The number of amides is 1. The summed E-state index contributed by atoms with van der Waals surface area (Å²) in [6.45, 7) is 0.159. The standard InChI is InChI=1S/C10H10N4O3/c1-17-9-4-2-8(3-5-9)6-14(10(15)16)7-11-12-13-14/h2-5,7H,6H2,1H3/p+1. The molecular weight excluding hydrogens is 224 g/mol. The van der Waals surface area contributed by atoms with Crippen molar-refractivity contribution in [2.75, 3.05) is 7.11 Å². The fourth-order valence-corrected chi connectivity index (χ4v) is 1.46. The van der Waals surface area contributed by atoms with Crippen molar-refractivity contribution in [3.8, 4) is 5.75 Å². The minimum atomic E-state index is -1.12. The first-order valence-electron chi connectivity index (χ1n) is 4.87. The van der Waals surface area contributed by atoms with Crippen molar-refractivity contribution in [3.05, 3.63) is 29.8 Å². The van der Waals surface area contributed by atoms with E-state index in [-0.39, 0.29) is 6.54 Å². The number of benzene rings is 1. The third-order valence-electron chi connectivity index (χ3n) is 2.41. The maximum absolute atomic E-state index is 11.2. The summed E-state index contributed by atoms with van der Waals surface area (Å²) in [5.41, 5.74) is 0.806. The van der Waals surface area contributed by atoms with Crippen molar-refractivity contribution >= 4 is 12.4 Å². The van der Waals surface area contributed by atoms with Gasteiger partial charge >= 0.3 is 6.09 Å². The van der Waals surface area contributed by atoms with Crippen molar-refractivity contribution < 1.29 is 19.2 Å². The first kappa shape index (κ1) is 11.2. The van der Waals surface area contributed by atoms with Crippen LogP contribution in [-0.4, -0.2) is 29.2 Å². The number of hydrogen-bond acceptors (Lipinski definition) is 5. The molecule has 0 saturated carbocycles. The summed E-state index contributed by atoms with van der Waals surface area (Å²) in [5, 5.41) is 19.6. The first-order valence-corrected chi connectivity index (χ1v) is 4.87. The van der Waals surface area contributed by atoms with E-state index in [0.29, 0.717) is 5.75 Å². The van der Waals surface area contributed by atoms with Gasteiger partial charge < -0.3 is 9.84 Å². The molecule has 1 aliphatic heterocycles. The SMILES string of the molecule is COc1ccc(C[N+]2(C(=O)O)C=NN=N2)cc1. The summed E-state index contributed by atoms with van der Waals surface area (Å²) in [4.78, 5) is 11.2. The summed E-state index contributed by atoms with van der Waals surface area (Å²) in [6.07, 6.45) is 0.0675. The van der Waals surface area contributed by atoms with Crippen LogP contribution in [0.2, 0.25) is 0 Å². The Morgan fingerprint density at radius 1 is 1.41 bits per heavy atom. The lowest BCUT2D eigenvalue weighted by Crippen LogP contribution is -2.43. The summed E-state index contributed by atoms with van der Waals surface area (Å²) < 4.78 is 4.36. The topological polar surface area (TPSA) is 83.6 Å². The molecule has 0 radical (unpaired) electrons. The second kappa shape index (κ2) is 4.30. The Labute approximate surface area is 97.2 Å². The van der Waals surface area contributed by atoms with Gasteiger partial charge in [-0.05, 0) is 28.9 Å². The van der Waals surface area contributed by atoms with Crippen molar-refractivity contribution in [1.29, 1.82) is 0 Å². The lowest BCUT2D eigenvalue weighted by molar-refractivity contribution is -0.782. The summed E-state index contributed by atoms with van der Waals surface area (Å²) in [7, 11) is 1.57. The molecule has 88 valence electrons. The predicted molar refractivity (Wildman–Crippen MR) is 58.3 cm³/mol. The van der Waals surface area contributed by atoms with Crippen LogP contribution in [0.4, 0.5) is 4.79 Å². The fraction of sp³-hybridized carbons (Fsp3) is 0.200. The van der Waals surface area contributed by atoms with Gasteiger partial charge in [0, 0.05) is 10.8 Å². The molecule has 1 atom stereocenters. The second-order valence-corrected chi connectivity index (χ2v) is 3.53. The van der Waals surface area contributed by atoms with Gasteiger partial charge in [0.1, 0.15) is 12.3 Å². The highest BCUT2D eigenvalue weighted by molar-refractivity contribution is 5.69. The van der Waals surface area contributed by atoms with E-state index in [2.05, 4.69) is 15.5 Å². The number of carboxylic acid groups (broad SMARTS) is 1. The van der Waals surface area contributed by atoms with E-state index in [9.17, 15) is 4.79 Å². The number of carbonyl (C=O) groups is 1. The Kier molecular flexibility index (Phi) is 2.84. The van der Waals surface area contributed by atoms with E-state index in [4.69, 9.17) is 9.84 Å². The number of ether oxygens (including phenoxy) is 1. The minimum absolute atomic E-state index is 0.159. The predicted octanol–water partition coefficient (Wildman–Crippen LogP) is 2.01. The molecule has 7 nitrogen and oxygen atoms in total. The van der Waals surface area contributed by atoms with Gasteiger partial charge in [0.25, 0.3) is 6.34 Å². The van der Waals surface area contributed by atoms with E-state index < -0.39 is 10.7 Å². The van der Waals surface area contributed by atoms with Gasteiger partial charge in [-0.25, -0.2) is 0 Å². The molecular formula is C10H11N4O3+. The van der Waals surface area contributed by atoms with Crippen LogP contribution in [0.5, 0.6) is 5.75 Å². The normalized spacial score (nSPS) is 21.7. The highest BCUT2D eigenvalue weighted by Gasteiger charge is 2.40. The number of nitrogens with zero attached hydrogens (tertiary/aromatic N) is 4. The van der Waals surface area contributed by atoms with Crippen molar-refractivity contribution in [1.82, 2.24) is 0 Å². The zero-order valence-corrected chi connectivity index (χ0v) is 9.15.